The van der Waals surface area contributed by atoms with Crippen molar-refractivity contribution in [3.05, 3.63) is 34.3 Å². The van der Waals surface area contributed by atoms with Crippen molar-refractivity contribution < 1.29 is 9.63 Å². The third-order valence-electron chi connectivity index (χ3n) is 1.85. The quantitative estimate of drug-likeness (QED) is 0.799. The minimum Gasteiger partial charge on any atom is -0.368 e. The lowest BCUT2D eigenvalue weighted by molar-refractivity contribution is -0.126. The number of carbonyl (C=O) groups is 1. The van der Waals surface area contributed by atoms with Crippen molar-refractivity contribution >= 4 is 21.8 Å². The number of rotatable bonds is 5. The van der Waals surface area contributed by atoms with E-state index >= 15 is 0 Å². The number of carbonyl (C=O) groups excluding carboxylic acids is 1. The summed E-state index contributed by atoms with van der Waals surface area (Å²) in [6, 6.07) is 7.77. The second-order valence-electron chi connectivity index (χ2n) is 3.12. The number of nitrogens with two attached hydrogens (primary N) is 1. The second kappa shape index (κ2) is 5.85. The highest BCUT2D eigenvalue weighted by atomic mass is 79.9. The highest BCUT2D eigenvalue weighted by Crippen LogP contribution is 2.22. The standard InChI is InChI=1S/C10H13BrN2O2/c1-7(13-15-6-10(12)14)8-4-2-3-5-9(8)11/h2-5,7,13H,6H2,1H3,(H2,12,14). The Kier molecular flexibility index (Phi) is 4.74. The molecule has 0 aromatic heterocycles. The van der Waals surface area contributed by atoms with Gasteiger partial charge in [0.05, 0.1) is 6.04 Å². The van der Waals surface area contributed by atoms with Crippen LogP contribution in [0.2, 0.25) is 0 Å². The Morgan fingerprint density at radius 3 is 2.87 bits per heavy atom. The van der Waals surface area contributed by atoms with Gasteiger partial charge in [-0.3, -0.25) is 9.63 Å². The zero-order chi connectivity index (χ0) is 11.3. The summed E-state index contributed by atoms with van der Waals surface area (Å²) in [7, 11) is 0. The van der Waals surface area contributed by atoms with Gasteiger partial charge in [0.2, 0.25) is 5.91 Å². The molecule has 0 saturated heterocycles. The molecule has 0 saturated carbocycles. The predicted molar refractivity (Wildman–Crippen MR) is 60.8 cm³/mol. The molecular formula is C10H13BrN2O2. The molecule has 1 amide bonds. The van der Waals surface area contributed by atoms with Gasteiger partial charge in [-0.2, -0.15) is 5.48 Å². The molecule has 1 aromatic rings. The molecule has 0 fully saturated rings. The van der Waals surface area contributed by atoms with E-state index in [1.165, 1.54) is 0 Å². The van der Waals surface area contributed by atoms with Crippen LogP contribution in [0, 0.1) is 0 Å². The fraction of sp³-hybridized carbons (Fsp3) is 0.300. The Morgan fingerprint density at radius 2 is 2.27 bits per heavy atom. The van der Waals surface area contributed by atoms with Crippen LogP contribution in [0.25, 0.3) is 0 Å². The third kappa shape index (κ3) is 3.99. The molecule has 1 unspecified atom stereocenters. The van der Waals surface area contributed by atoms with Crippen LogP contribution in [0.5, 0.6) is 0 Å². The van der Waals surface area contributed by atoms with E-state index in [9.17, 15) is 4.79 Å². The molecule has 0 bridgehead atoms. The smallest absolute Gasteiger partial charge is 0.245 e. The summed E-state index contributed by atoms with van der Waals surface area (Å²) in [4.78, 5) is 15.4. The van der Waals surface area contributed by atoms with Crippen molar-refractivity contribution in [2.75, 3.05) is 6.61 Å². The summed E-state index contributed by atoms with van der Waals surface area (Å²) >= 11 is 3.43. The van der Waals surface area contributed by atoms with Gasteiger partial charge in [-0.25, -0.2) is 0 Å². The van der Waals surface area contributed by atoms with E-state index in [0.29, 0.717) is 0 Å². The largest absolute Gasteiger partial charge is 0.368 e. The molecule has 5 heteroatoms. The van der Waals surface area contributed by atoms with Crippen molar-refractivity contribution in [2.24, 2.45) is 5.73 Å². The molecular weight excluding hydrogens is 260 g/mol. The van der Waals surface area contributed by atoms with E-state index in [4.69, 9.17) is 10.6 Å². The third-order valence-corrected chi connectivity index (χ3v) is 2.57. The van der Waals surface area contributed by atoms with Gasteiger partial charge in [0.15, 0.2) is 0 Å². The predicted octanol–water partition coefficient (Wildman–Crippen LogP) is 1.52. The molecule has 1 aromatic carbocycles. The number of amides is 1. The van der Waals surface area contributed by atoms with Crippen LogP contribution in [0.1, 0.15) is 18.5 Å². The lowest BCUT2D eigenvalue weighted by Crippen LogP contribution is -2.26. The number of hydrogen-bond donors (Lipinski definition) is 2. The Hall–Kier alpha value is -0.910. The molecule has 3 N–H and O–H groups in total. The Balaban J connectivity index is 2.50. The molecule has 82 valence electrons. The van der Waals surface area contributed by atoms with E-state index in [1.807, 2.05) is 31.2 Å². The van der Waals surface area contributed by atoms with Crippen molar-refractivity contribution in [1.29, 1.82) is 0 Å². The summed E-state index contributed by atoms with van der Waals surface area (Å²) in [6.45, 7) is 1.80. The highest BCUT2D eigenvalue weighted by molar-refractivity contribution is 9.10. The molecule has 0 spiro atoms. The van der Waals surface area contributed by atoms with Crippen LogP contribution in [0.3, 0.4) is 0 Å². The fourth-order valence-electron chi connectivity index (χ4n) is 1.13. The van der Waals surface area contributed by atoms with Gasteiger partial charge in [0.1, 0.15) is 6.61 Å². The number of hydroxylamine groups is 1. The molecule has 1 rings (SSSR count). The average Bonchev–Trinajstić information content (AvgIpc) is 2.17. The molecule has 0 heterocycles. The van der Waals surface area contributed by atoms with E-state index in [1.54, 1.807) is 0 Å². The van der Waals surface area contributed by atoms with E-state index in [-0.39, 0.29) is 12.6 Å². The lowest BCUT2D eigenvalue weighted by atomic mass is 10.1. The summed E-state index contributed by atoms with van der Waals surface area (Å²) in [5, 5.41) is 0. The Morgan fingerprint density at radius 1 is 1.60 bits per heavy atom. The Labute approximate surface area is 96.9 Å². The number of hydrogen-bond acceptors (Lipinski definition) is 3. The molecule has 0 aliphatic carbocycles. The van der Waals surface area contributed by atoms with Crippen LogP contribution in [0.15, 0.2) is 28.7 Å². The van der Waals surface area contributed by atoms with Crippen LogP contribution in [0.4, 0.5) is 0 Å². The number of nitrogens with one attached hydrogen (secondary N) is 1. The van der Waals surface area contributed by atoms with Crippen LogP contribution in [-0.4, -0.2) is 12.5 Å². The zero-order valence-corrected chi connectivity index (χ0v) is 9.95. The van der Waals surface area contributed by atoms with Gasteiger partial charge < -0.3 is 5.73 Å². The van der Waals surface area contributed by atoms with E-state index in [2.05, 4.69) is 21.4 Å². The van der Waals surface area contributed by atoms with Gasteiger partial charge in [-0.05, 0) is 18.6 Å². The van der Waals surface area contributed by atoms with Gasteiger partial charge in [0.25, 0.3) is 0 Å². The van der Waals surface area contributed by atoms with Gasteiger partial charge in [-0.15, -0.1) is 0 Å². The summed E-state index contributed by atoms with van der Waals surface area (Å²) in [6.07, 6.45) is 0. The minimum atomic E-state index is -0.498. The first-order chi connectivity index (χ1) is 7.11. The topological polar surface area (TPSA) is 64.3 Å². The molecule has 1 atom stereocenters. The zero-order valence-electron chi connectivity index (χ0n) is 8.37. The SMILES string of the molecule is CC(NOCC(N)=O)c1ccccc1Br. The fourth-order valence-corrected chi connectivity index (χ4v) is 1.76. The first-order valence-electron chi connectivity index (χ1n) is 4.51. The maximum Gasteiger partial charge on any atom is 0.245 e. The van der Waals surface area contributed by atoms with Gasteiger partial charge >= 0.3 is 0 Å². The molecule has 0 aliphatic heterocycles. The lowest BCUT2D eigenvalue weighted by Gasteiger charge is -2.14. The monoisotopic (exact) mass is 272 g/mol. The molecule has 0 aliphatic rings. The van der Waals surface area contributed by atoms with Crippen molar-refractivity contribution in [1.82, 2.24) is 5.48 Å². The average molecular weight is 273 g/mol. The maximum atomic E-state index is 10.4. The maximum absolute atomic E-state index is 10.4. The van der Waals surface area contributed by atoms with Crippen molar-refractivity contribution in [3.63, 3.8) is 0 Å². The Bertz CT molecular complexity index is 344. The number of benzene rings is 1. The van der Waals surface area contributed by atoms with E-state index < -0.39 is 5.91 Å². The number of halogens is 1. The van der Waals surface area contributed by atoms with Gasteiger partial charge in [-0.1, -0.05) is 34.1 Å². The van der Waals surface area contributed by atoms with E-state index in [0.717, 1.165) is 10.0 Å². The molecule has 4 nitrogen and oxygen atoms in total. The van der Waals surface area contributed by atoms with Crippen LogP contribution >= 0.6 is 15.9 Å². The van der Waals surface area contributed by atoms with Crippen molar-refractivity contribution in [3.8, 4) is 0 Å². The van der Waals surface area contributed by atoms with Crippen molar-refractivity contribution in [2.45, 2.75) is 13.0 Å². The van der Waals surface area contributed by atoms with Gasteiger partial charge in [0, 0.05) is 4.47 Å². The highest BCUT2D eigenvalue weighted by Gasteiger charge is 2.08. The molecule has 0 radical (unpaired) electrons. The first kappa shape index (κ1) is 12.2. The first-order valence-corrected chi connectivity index (χ1v) is 5.30. The van der Waals surface area contributed by atoms with Crippen LogP contribution < -0.4 is 11.2 Å². The summed E-state index contributed by atoms with van der Waals surface area (Å²) < 4.78 is 0.993. The number of primary amides is 1. The van der Waals surface area contributed by atoms with Crippen LogP contribution in [-0.2, 0) is 9.63 Å². The minimum absolute atomic E-state index is 0.0140. The second-order valence-corrected chi connectivity index (χ2v) is 3.97. The normalized spacial score (nSPS) is 12.4. The molecule has 15 heavy (non-hydrogen) atoms. The summed E-state index contributed by atoms with van der Waals surface area (Å²) in [5.74, 6) is -0.498. The summed E-state index contributed by atoms with van der Waals surface area (Å²) in [5.41, 5.74) is 8.73.